The summed E-state index contributed by atoms with van der Waals surface area (Å²) < 4.78 is 30.7. The first-order valence-electron chi connectivity index (χ1n) is 13.7. The smallest absolute Gasteiger partial charge is 0.180 e. The van der Waals surface area contributed by atoms with E-state index in [9.17, 15) is 8.78 Å². The largest absolute Gasteiger partial charge is 0.371 e. The summed E-state index contributed by atoms with van der Waals surface area (Å²) in [5, 5.41) is 6.64. The van der Waals surface area contributed by atoms with E-state index >= 15 is 0 Å². The molecule has 0 spiro atoms. The van der Waals surface area contributed by atoms with Gasteiger partial charge in [-0.05, 0) is 50.1 Å². The van der Waals surface area contributed by atoms with Gasteiger partial charge in [0.25, 0.3) is 0 Å². The fraction of sp³-hybridized carbons (Fsp3) is 0.290. The van der Waals surface area contributed by atoms with Crippen molar-refractivity contribution in [2.45, 2.75) is 26.8 Å². The number of halogens is 2. The fourth-order valence-corrected chi connectivity index (χ4v) is 5.06. The molecule has 10 heteroatoms. The molecule has 5 rings (SSSR count). The second kappa shape index (κ2) is 11.6. The van der Waals surface area contributed by atoms with Gasteiger partial charge in [0.05, 0.1) is 17.7 Å². The molecule has 1 fully saturated rings. The Morgan fingerprint density at radius 2 is 1.73 bits per heavy atom. The molecule has 1 aliphatic heterocycles. The average molecular weight is 559 g/mol. The number of imidazole rings is 1. The third-order valence-electron chi connectivity index (χ3n) is 7.45. The Morgan fingerprint density at radius 3 is 2.44 bits per heavy atom. The molecule has 41 heavy (non-hydrogen) atoms. The maximum absolute atomic E-state index is 14.7. The van der Waals surface area contributed by atoms with Crippen molar-refractivity contribution in [3.05, 3.63) is 96.2 Å². The van der Waals surface area contributed by atoms with E-state index in [4.69, 9.17) is 5.73 Å². The van der Waals surface area contributed by atoms with Crippen molar-refractivity contribution in [1.82, 2.24) is 29.5 Å². The molecule has 1 atom stereocenters. The van der Waals surface area contributed by atoms with E-state index in [1.807, 2.05) is 19.1 Å². The van der Waals surface area contributed by atoms with E-state index in [0.29, 0.717) is 23.7 Å². The monoisotopic (exact) mass is 558 g/mol. The summed E-state index contributed by atoms with van der Waals surface area (Å²) in [7, 11) is 0. The summed E-state index contributed by atoms with van der Waals surface area (Å²) in [5.74, 6) is -0.340. The second-order valence-electron chi connectivity index (χ2n) is 10.6. The highest BCUT2D eigenvalue weighted by molar-refractivity contribution is 5.76. The Bertz CT molecular complexity index is 1600. The van der Waals surface area contributed by atoms with Crippen LogP contribution in [0.4, 0.5) is 20.3 Å². The van der Waals surface area contributed by atoms with Gasteiger partial charge in [-0.2, -0.15) is 0 Å². The number of nitrogens with one attached hydrogen (secondary N) is 2. The summed E-state index contributed by atoms with van der Waals surface area (Å²) in [6, 6.07) is 9.27. The lowest BCUT2D eigenvalue weighted by molar-refractivity contribution is 0.204. The van der Waals surface area contributed by atoms with Crippen LogP contribution >= 0.6 is 0 Å². The lowest BCUT2D eigenvalue weighted by atomic mass is 10.0. The quantitative estimate of drug-likeness (QED) is 0.266. The van der Waals surface area contributed by atoms with Gasteiger partial charge in [-0.15, -0.1) is 0 Å². The SMILES string of the molecule is C=C(NCC(C)N)N1CCN(C(=C)c2ccc(Nc3nccn4c(-c5ccc(C)c(F)c5F)cnc34)cc2C)CC1. The molecule has 8 nitrogen and oxygen atoms in total. The maximum atomic E-state index is 14.7. The van der Waals surface area contributed by atoms with E-state index in [0.717, 1.165) is 54.5 Å². The Balaban J connectivity index is 1.29. The van der Waals surface area contributed by atoms with Crippen LogP contribution in [-0.4, -0.2) is 62.9 Å². The lowest BCUT2D eigenvalue weighted by Crippen LogP contribution is -2.47. The van der Waals surface area contributed by atoms with Crippen LogP contribution in [0.5, 0.6) is 0 Å². The van der Waals surface area contributed by atoms with Crippen molar-refractivity contribution in [2.24, 2.45) is 5.73 Å². The van der Waals surface area contributed by atoms with Crippen molar-refractivity contribution < 1.29 is 8.78 Å². The van der Waals surface area contributed by atoms with E-state index in [1.54, 1.807) is 28.9 Å². The number of aromatic nitrogens is 3. The summed E-state index contributed by atoms with van der Waals surface area (Å²) in [6.07, 6.45) is 4.81. The fourth-order valence-electron chi connectivity index (χ4n) is 5.06. The van der Waals surface area contributed by atoms with Crippen LogP contribution in [0.1, 0.15) is 23.6 Å². The Hall–Kier alpha value is -4.44. The minimum Gasteiger partial charge on any atom is -0.371 e. The number of nitrogens with two attached hydrogens (primary N) is 1. The number of fused-ring (bicyclic) bond motifs is 1. The van der Waals surface area contributed by atoms with Crippen molar-refractivity contribution in [3.8, 4) is 11.3 Å². The number of aryl methyl sites for hydroxylation is 2. The standard InChI is InChI=1S/C31H36F2N8/c1-19-6-8-26(29(33)28(19)32)27-18-37-31-30(35-10-11-41(27)31)38-24-7-9-25(20(2)16-24)22(4)39-12-14-40(15-13-39)23(5)36-17-21(3)34/h6-11,16,18,21,36H,4-5,12-15,17,34H2,1-3H3,(H,35,38). The summed E-state index contributed by atoms with van der Waals surface area (Å²) in [5.41, 5.74) is 11.1. The molecule has 0 bridgehead atoms. The van der Waals surface area contributed by atoms with Gasteiger partial charge in [0.1, 0.15) is 0 Å². The van der Waals surface area contributed by atoms with Gasteiger partial charge in [-0.1, -0.05) is 25.3 Å². The molecule has 4 N–H and O–H groups in total. The number of hydrogen-bond donors (Lipinski definition) is 3. The Labute approximate surface area is 239 Å². The van der Waals surface area contributed by atoms with Gasteiger partial charge in [0.15, 0.2) is 23.1 Å². The Morgan fingerprint density at radius 1 is 1.00 bits per heavy atom. The zero-order valence-electron chi connectivity index (χ0n) is 23.7. The molecular formula is C31H36F2N8. The zero-order valence-corrected chi connectivity index (χ0v) is 23.7. The van der Waals surface area contributed by atoms with Crippen LogP contribution in [0, 0.1) is 25.5 Å². The van der Waals surface area contributed by atoms with Gasteiger partial charge in [-0.3, -0.25) is 4.40 Å². The third kappa shape index (κ3) is 5.74. The van der Waals surface area contributed by atoms with E-state index in [1.165, 1.54) is 13.1 Å². The average Bonchev–Trinajstić information content (AvgIpc) is 3.39. The van der Waals surface area contributed by atoms with Gasteiger partial charge < -0.3 is 26.2 Å². The molecule has 1 saturated heterocycles. The molecule has 214 valence electrons. The van der Waals surface area contributed by atoms with Gasteiger partial charge in [-0.25, -0.2) is 18.7 Å². The van der Waals surface area contributed by atoms with Crippen LogP contribution in [0.3, 0.4) is 0 Å². The van der Waals surface area contributed by atoms with E-state index in [-0.39, 0.29) is 17.2 Å². The molecule has 2 aromatic carbocycles. The number of rotatable bonds is 9. The molecule has 1 aliphatic rings. The summed E-state index contributed by atoms with van der Waals surface area (Å²) >= 11 is 0. The Kier molecular flexibility index (Phi) is 7.94. The highest BCUT2D eigenvalue weighted by Crippen LogP contribution is 2.30. The minimum absolute atomic E-state index is 0.0725. The first kappa shape index (κ1) is 28.1. The number of hydrogen-bond acceptors (Lipinski definition) is 7. The van der Waals surface area contributed by atoms with Crippen molar-refractivity contribution in [3.63, 3.8) is 0 Å². The topological polar surface area (TPSA) is 86.8 Å². The molecule has 3 heterocycles. The molecule has 0 amide bonds. The summed E-state index contributed by atoms with van der Waals surface area (Å²) in [4.78, 5) is 13.5. The van der Waals surface area contributed by atoms with Gasteiger partial charge >= 0.3 is 0 Å². The van der Waals surface area contributed by atoms with Crippen molar-refractivity contribution >= 4 is 22.8 Å². The van der Waals surface area contributed by atoms with Crippen LogP contribution < -0.4 is 16.4 Å². The van der Waals surface area contributed by atoms with Crippen LogP contribution in [0.25, 0.3) is 22.6 Å². The third-order valence-corrected chi connectivity index (χ3v) is 7.45. The molecule has 0 aliphatic carbocycles. The highest BCUT2D eigenvalue weighted by Gasteiger charge is 2.21. The van der Waals surface area contributed by atoms with Crippen LogP contribution in [0.15, 0.2) is 67.9 Å². The second-order valence-corrected chi connectivity index (χ2v) is 10.6. The number of piperazine rings is 1. The lowest BCUT2D eigenvalue weighted by Gasteiger charge is -2.39. The van der Waals surface area contributed by atoms with Gasteiger partial charge in [0, 0.05) is 73.7 Å². The number of benzene rings is 2. The number of anilines is 2. The first-order chi connectivity index (χ1) is 19.6. The maximum Gasteiger partial charge on any atom is 0.180 e. The van der Waals surface area contributed by atoms with E-state index in [2.05, 4.69) is 56.5 Å². The zero-order chi connectivity index (χ0) is 29.3. The molecule has 0 saturated carbocycles. The molecule has 0 radical (unpaired) electrons. The first-order valence-corrected chi connectivity index (χ1v) is 13.7. The van der Waals surface area contributed by atoms with Crippen LogP contribution in [0.2, 0.25) is 0 Å². The van der Waals surface area contributed by atoms with Crippen molar-refractivity contribution in [1.29, 1.82) is 0 Å². The molecule has 1 unspecified atom stereocenters. The van der Waals surface area contributed by atoms with Crippen LogP contribution in [-0.2, 0) is 0 Å². The molecule has 4 aromatic rings. The number of nitrogens with zero attached hydrogens (tertiary/aromatic N) is 5. The van der Waals surface area contributed by atoms with Gasteiger partial charge in [0.2, 0.25) is 0 Å². The van der Waals surface area contributed by atoms with E-state index < -0.39 is 11.6 Å². The minimum atomic E-state index is -0.895. The molecular weight excluding hydrogens is 522 g/mol. The predicted octanol–water partition coefficient (Wildman–Crippen LogP) is 5.03. The predicted molar refractivity (Wildman–Crippen MR) is 161 cm³/mol. The highest BCUT2D eigenvalue weighted by atomic mass is 19.2. The van der Waals surface area contributed by atoms with Crippen molar-refractivity contribution in [2.75, 3.05) is 38.0 Å². The summed E-state index contributed by atoms with van der Waals surface area (Å²) in [6.45, 7) is 18.2. The normalized spacial score (nSPS) is 14.3. The molecule has 2 aromatic heterocycles.